The number of alkyl carbamates (subject to hydrolysis) is 1. The van der Waals surface area contributed by atoms with E-state index in [1.807, 2.05) is 30.3 Å². The van der Waals surface area contributed by atoms with Crippen molar-refractivity contribution in [1.29, 1.82) is 0 Å². The van der Waals surface area contributed by atoms with Gasteiger partial charge in [0.1, 0.15) is 11.6 Å². The Labute approximate surface area is 184 Å². The van der Waals surface area contributed by atoms with Crippen LogP contribution in [0.1, 0.15) is 32.8 Å². The Morgan fingerprint density at radius 2 is 1.77 bits per heavy atom. The van der Waals surface area contributed by atoms with Gasteiger partial charge in [0.05, 0.1) is 11.5 Å². The number of carbonyl (C=O) groups excluding carboxylic acids is 2. The van der Waals surface area contributed by atoms with Crippen LogP contribution in [-0.2, 0) is 25.8 Å². The molecule has 2 amide bonds. The minimum absolute atomic E-state index is 0.0438. The summed E-state index contributed by atoms with van der Waals surface area (Å²) < 4.78 is 28.9. The second-order valence-corrected chi connectivity index (χ2v) is 11.5. The van der Waals surface area contributed by atoms with Gasteiger partial charge in [-0.05, 0) is 32.8 Å². The number of nitrogens with zero attached hydrogens (tertiary/aromatic N) is 2. The molecule has 8 nitrogen and oxygen atoms in total. The fourth-order valence-electron chi connectivity index (χ4n) is 4.09. The summed E-state index contributed by atoms with van der Waals surface area (Å²) in [4.78, 5) is 29.6. The molecule has 2 heterocycles. The van der Waals surface area contributed by atoms with E-state index in [0.717, 1.165) is 5.56 Å². The molecule has 1 aromatic carbocycles. The first kappa shape index (κ1) is 23.5. The van der Waals surface area contributed by atoms with E-state index in [0.29, 0.717) is 39.0 Å². The lowest BCUT2D eigenvalue weighted by atomic mass is 10.0. The molecule has 3 rings (SSSR count). The third-order valence-electron chi connectivity index (χ3n) is 5.62. The zero-order chi connectivity index (χ0) is 22.6. The van der Waals surface area contributed by atoms with E-state index in [1.165, 1.54) is 0 Å². The van der Waals surface area contributed by atoms with Crippen LogP contribution in [0.4, 0.5) is 4.79 Å². The largest absolute Gasteiger partial charge is 0.444 e. The Morgan fingerprint density at radius 1 is 1.13 bits per heavy atom. The number of hydrogen-bond donors (Lipinski definition) is 1. The average Bonchev–Trinajstić information content (AvgIpc) is 3.06. The fourth-order valence-corrected chi connectivity index (χ4v) is 5.85. The molecular formula is C22H33N3O5S. The molecule has 0 radical (unpaired) electrons. The summed E-state index contributed by atoms with van der Waals surface area (Å²) in [5, 5.41) is 2.75. The molecule has 2 fully saturated rings. The van der Waals surface area contributed by atoms with Crippen LogP contribution in [0.5, 0.6) is 0 Å². The van der Waals surface area contributed by atoms with E-state index in [-0.39, 0.29) is 23.5 Å². The van der Waals surface area contributed by atoms with Gasteiger partial charge in [-0.2, -0.15) is 0 Å². The van der Waals surface area contributed by atoms with Crippen LogP contribution in [0.2, 0.25) is 0 Å². The number of amides is 2. The van der Waals surface area contributed by atoms with E-state index in [1.54, 1.807) is 25.7 Å². The van der Waals surface area contributed by atoms with E-state index >= 15 is 0 Å². The van der Waals surface area contributed by atoms with Gasteiger partial charge >= 0.3 is 6.09 Å². The van der Waals surface area contributed by atoms with Crippen molar-refractivity contribution in [3.05, 3.63) is 35.9 Å². The molecule has 2 saturated heterocycles. The highest BCUT2D eigenvalue weighted by atomic mass is 32.2. The van der Waals surface area contributed by atoms with Crippen molar-refractivity contribution in [1.82, 2.24) is 15.1 Å². The highest BCUT2D eigenvalue weighted by Gasteiger charge is 2.36. The highest BCUT2D eigenvalue weighted by molar-refractivity contribution is 7.91. The maximum atomic E-state index is 13.3. The number of piperazine rings is 1. The lowest BCUT2D eigenvalue weighted by Gasteiger charge is -2.39. The SMILES string of the molecule is CC(C)(C)OC(=O)NC(Cc1ccccc1)C(=O)N1CCN(C2CCS(=O)(=O)C2)CC1. The molecule has 31 heavy (non-hydrogen) atoms. The summed E-state index contributed by atoms with van der Waals surface area (Å²) in [5.41, 5.74) is 0.296. The fraction of sp³-hybridized carbons (Fsp3) is 0.636. The van der Waals surface area contributed by atoms with E-state index in [4.69, 9.17) is 4.74 Å². The van der Waals surface area contributed by atoms with Crippen LogP contribution in [0.25, 0.3) is 0 Å². The normalized spacial score (nSPS) is 22.7. The van der Waals surface area contributed by atoms with Gasteiger partial charge in [-0.15, -0.1) is 0 Å². The molecule has 172 valence electrons. The summed E-state index contributed by atoms with van der Waals surface area (Å²) >= 11 is 0. The first-order valence-corrected chi connectivity index (χ1v) is 12.6. The number of sulfone groups is 1. The van der Waals surface area contributed by atoms with Crippen molar-refractivity contribution in [3.8, 4) is 0 Å². The zero-order valence-corrected chi connectivity index (χ0v) is 19.4. The molecule has 2 atom stereocenters. The summed E-state index contributed by atoms with van der Waals surface area (Å²) in [6.07, 6.45) is 0.421. The van der Waals surface area contributed by atoms with Gasteiger partial charge in [0.15, 0.2) is 9.84 Å². The van der Waals surface area contributed by atoms with Crippen molar-refractivity contribution < 1.29 is 22.7 Å². The number of benzene rings is 1. The predicted octanol–water partition coefficient (Wildman–Crippen LogP) is 1.45. The molecule has 0 aliphatic carbocycles. The van der Waals surface area contributed by atoms with Gasteiger partial charge in [0.25, 0.3) is 0 Å². The molecule has 2 aliphatic heterocycles. The molecular weight excluding hydrogens is 418 g/mol. The number of carbonyl (C=O) groups is 2. The van der Waals surface area contributed by atoms with Crippen molar-refractivity contribution in [2.75, 3.05) is 37.7 Å². The third-order valence-corrected chi connectivity index (χ3v) is 7.37. The Hall–Kier alpha value is -2.13. The zero-order valence-electron chi connectivity index (χ0n) is 18.5. The molecule has 1 aromatic rings. The molecule has 0 saturated carbocycles. The quantitative estimate of drug-likeness (QED) is 0.728. The Bertz CT molecular complexity index is 874. The van der Waals surface area contributed by atoms with Gasteiger partial charge in [-0.1, -0.05) is 30.3 Å². The van der Waals surface area contributed by atoms with Crippen LogP contribution in [-0.4, -0.2) is 85.6 Å². The molecule has 0 spiro atoms. The minimum Gasteiger partial charge on any atom is -0.444 e. The Morgan fingerprint density at radius 3 is 2.32 bits per heavy atom. The first-order chi connectivity index (χ1) is 14.5. The average molecular weight is 452 g/mol. The number of hydrogen-bond acceptors (Lipinski definition) is 6. The minimum atomic E-state index is -2.93. The summed E-state index contributed by atoms with van der Waals surface area (Å²) in [6, 6.07) is 8.88. The predicted molar refractivity (Wildman–Crippen MR) is 119 cm³/mol. The highest BCUT2D eigenvalue weighted by Crippen LogP contribution is 2.20. The molecule has 9 heteroatoms. The summed E-state index contributed by atoms with van der Waals surface area (Å²) in [6.45, 7) is 7.63. The standard InChI is InChI=1S/C22H33N3O5S/c1-22(2,3)30-21(27)23-19(15-17-7-5-4-6-8-17)20(26)25-12-10-24(11-13-25)18-9-14-31(28,29)16-18/h4-8,18-19H,9-16H2,1-3H3,(H,23,27). The number of ether oxygens (including phenoxy) is 1. The van der Waals surface area contributed by atoms with Crippen LogP contribution >= 0.6 is 0 Å². The van der Waals surface area contributed by atoms with Gasteiger partial charge in [-0.25, -0.2) is 13.2 Å². The Balaban J connectivity index is 1.63. The smallest absolute Gasteiger partial charge is 0.408 e. The van der Waals surface area contributed by atoms with Gasteiger partial charge < -0.3 is 15.0 Å². The van der Waals surface area contributed by atoms with Crippen molar-refractivity contribution in [2.45, 2.75) is 51.3 Å². The van der Waals surface area contributed by atoms with Crippen molar-refractivity contribution >= 4 is 21.8 Å². The summed E-state index contributed by atoms with van der Waals surface area (Å²) in [7, 11) is -2.93. The van der Waals surface area contributed by atoms with E-state index in [2.05, 4.69) is 10.2 Å². The van der Waals surface area contributed by atoms with Crippen LogP contribution < -0.4 is 5.32 Å². The summed E-state index contributed by atoms with van der Waals surface area (Å²) in [5.74, 6) is 0.307. The topological polar surface area (TPSA) is 96.0 Å². The third kappa shape index (κ3) is 6.93. The van der Waals surface area contributed by atoms with Crippen LogP contribution in [0.15, 0.2) is 30.3 Å². The molecule has 1 N–H and O–H groups in total. The van der Waals surface area contributed by atoms with Gasteiger partial charge in [0.2, 0.25) is 5.91 Å². The Kier molecular flexibility index (Phi) is 7.26. The first-order valence-electron chi connectivity index (χ1n) is 10.8. The number of rotatable bonds is 5. The van der Waals surface area contributed by atoms with Gasteiger partial charge in [0, 0.05) is 38.6 Å². The molecule has 0 bridgehead atoms. The molecule has 2 unspecified atom stereocenters. The maximum absolute atomic E-state index is 13.3. The second kappa shape index (κ2) is 9.56. The monoisotopic (exact) mass is 451 g/mol. The molecule has 0 aromatic heterocycles. The van der Waals surface area contributed by atoms with E-state index < -0.39 is 27.6 Å². The van der Waals surface area contributed by atoms with E-state index in [9.17, 15) is 18.0 Å². The van der Waals surface area contributed by atoms with Crippen LogP contribution in [0.3, 0.4) is 0 Å². The van der Waals surface area contributed by atoms with Crippen molar-refractivity contribution in [3.63, 3.8) is 0 Å². The second-order valence-electron chi connectivity index (χ2n) is 9.31. The lowest BCUT2D eigenvalue weighted by Crippen LogP contribution is -2.57. The lowest BCUT2D eigenvalue weighted by molar-refractivity contribution is -0.135. The number of nitrogens with one attached hydrogen (secondary N) is 1. The van der Waals surface area contributed by atoms with Crippen molar-refractivity contribution in [2.24, 2.45) is 0 Å². The molecule has 2 aliphatic rings. The van der Waals surface area contributed by atoms with Crippen LogP contribution in [0, 0.1) is 0 Å². The maximum Gasteiger partial charge on any atom is 0.408 e. The van der Waals surface area contributed by atoms with Gasteiger partial charge in [-0.3, -0.25) is 9.69 Å².